The highest BCUT2D eigenvalue weighted by atomic mass is 16.5. The average molecular weight is 277 g/mol. The lowest BCUT2D eigenvalue weighted by atomic mass is 9.76. The Morgan fingerprint density at radius 3 is 2.95 bits per heavy atom. The van der Waals surface area contributed by atoms with Crippen molar-refractivity contribution in [1.82, 2.24) is 0 Å². The summed E-state index contributed by atoms with van der Waals surface area (Å²) >= 11 is 0. The van der Waals surface area contributed by atoms with Crippen molar-refractivity contribution in [2.75, 3.05) is 19.8 Å². The van der Waals surface area contributed by atoms with Crippen molar-refractivity contribution < 1.29 is 14.3 Å². The molecule has 0 aromatic heterocycles. The summed E-state index contributed by atoms with van der Waals surface area (Å²) in [6.07, 6.45) is 1.61. The predicted octanol–water partition coefficient (Wildman–Crippen LogP) is 2.47. The molecule has 110 valence electrons. The lowest BCUT2D eigenvalue weighted by Crippen LogP contribution is -2.39. The molecule has 0 spiro atoms. The number of hydrogen-bond donors (Lipinski definition) is 1. The number of esters is 1. The first-order chi connectivity index (χ1) is 9.60. The summed E-state index contributed by atoms with van der Waals surface area (Å²) in [6, 6.07) is 8.02. The van der Waals surface area contributed by atoms with E-state index in [-0.39, 0.29) is 11.9 Å². The van der Waals surface area contributed by atoms with E-state index in [2.05, 4.69) is 6.07 Å². The summed E-state index contributed by atoms with van der Waals surface area (Å²) in [4.78, 5) is 12.1. The molecule has 2 atom stereocenters. The molecular formula is C16H23NO3. The first-order valence-corrected chi connectivity index (χ1v) is 7.19. The Labute approximate surface area is 120 Å². The smallest absolute Gasteiger partial charge is 0.313 e. The molecule has 1 aromatic carbocycles. The Balaban J connectivity index is 2.19. The summed E-state index contributed by atoms with van der Waals surface area (Å²) in [5, 5.41) is 0. The van der Waals surface area contributed by atoms with Crippen LogP contribution in [-0.2, 0) is 9.53 Å². The highest BCUT2D eigenvalue weighted by molar-refractivity contribution is 5.76. The van der Waals surface area contributed by atoms with Crippen LogP contribution in [0, 0.1) is 5.41 Å². The van der Waals surface area contributed by atoms with Gasteiger partial charge in [-0.2, -0.15) is 0 Å². The van der Waals surface area contributed by atoms with E-state index >= 15 is 0 Å². The third-order valence-corrected chi connectivity index (χ3v) is 4.00. The summed E-state index contributed by atoms with van der Waals surface area (Å²) in [5.41, 5.74) is 6.38. The van der Waals surface area contributed by atoms with Gasteiger partial charge in [0.2, 0.25) is 0 Å². The number of carbonyl (C=O) groups is 1. The zero-order valence-corrected chi connectivity index (χ0v) is 12.2. The van der Waals surface area contributed by atoms with Crippen LogP contribution < -0.4 is 10.5 Å². The van der Waals surface area contributed by atoms with E-state index < -0.39 is 5.41 Å². The van der Waals surface area contributed by atoms with Crippen molar-refractivity contribution in [1.29, 1.82) is 0 Å². The van der Waals surface area contributed by atoms with E-state index in [1.54, 1.807) is 0 Å². The van der Waals surface area contributed by atoms with Gasteiger partial charge in [-0.3, -0.25) is 4.79 Å². The molecule has 2 rings (SSSR count). The fourth-order valence-corrected chi connectivity index (χ4v) is 2.73. The number of nitrogens with two attached hydrogens (primary N) is 1. The standard InChI is InChI=1S/C16H23NO3/c1-3-19-15(18)16(2,11-17)10-12-8-9-20-14-7-5-4-6-13(12)14/h4-7,12H,3,8-11,17H2,1-2H3. The van der Waals surface area contributed by atoms with Gasteiger partial charge in [0.15, 0.2) is 0 Å². The van der Waals surface area contributed by atoms with Gasteiger partial charge in [-0.05, 0) is 44.2 Å². The molecule has 4 nitrogen and oxygen atoms in total. The van der Waals surface area contributed by atoms with Crippen molar-refractivity contribution in [3.8, 4) is 5.75 Å². The second kappa shape index (κ2) is 6.27. The number of ether oxygens (including phenoxy) is 2. The molecule has 1 aromatic rings. The Bertz CT molecular complexity index is 475. The Morgan fingerprint density at radius 2 is 2.25 bits per heavy atom. The molecule has 0 aliphatic carbocycles. The van der Waals surface area contributed by atoms with E-state index in [0.29, 0.717) is 26.2 Å². The minimum Gasteiger partial charge on any atom is -0.493 e. The summed E-state index contributed by atoms with van der Waals surface area (Å²) in [7, 11) is 0. The minimum absolute atomic E-state index is 0.202. The van der Waals surface area contributed by atoms with Crippen molar-refractivity contribution in [2.45, 2.75) is 32.6 Å². The zero-order valence-electron chi connectivity index (χ0n) is 12.2. The Hall–Kier alpha value is -1.55. The van der Waals surface area contributed by atoms with Gasteiger partial charge in [-0.25, -0.2) is 0 Å². The first-order valence-electron chi connectivity index (χ1n) is 7.19. The number of benzene rings is 1. The number of para-hydroxylation sites is 1. The van der Waals surface area contributed by atoms with Crippen LogP contribution in [0.5, 0.6) is 5.75 Å². The summed E-state index contributed by atoms with van der Waals surface area (Å²) in [5.74, 6) is 1.01. The third kappa shape index (κ3) is 2.96. The van der Waals surface area contributed by atoms with E-state index in [4.69, 9.17) is 15.2 Å². The predicted molar refractivity (Wildman–Crippen MR) is 77.7 cm³/mol. The van der Waals surface area contributed by atoms with E-state index in [1.165, 1.54) is 5.56 Å². The van der Waals surface area contributed by atoms with Crippen molar-refractivity contribution >= 4 is 5.97 Å². The van der Waals surface area contributed by atoms with Crippen LogP contribution in [0.3, 0.4) is 0 Å². The van der Waals surface area contributed by atoms with Crippen LogP contribution in [-0.4, -0.2) is 25.7 Å². The maximum absolute atomic E-state index is 12.1. The van der Waals surface area contributed by atoms with Gasteiger partial charge in [0, 0.05) is 6.54 Å². The maximum atomic E-state index is 12.1. The van der Waals surface area contributed by atoms with Gasteiger partial charge < -0.3 is 15.2 Å². The van der Waals surface area contributed by atoms with Gasteiger partial charge in [0.1, 0.15) is 5.75 Å². The fourth-order valence-electron chi connectivity index (χ4n) is 2.73. The minimum atomic E-state index is -0.634. The molecule has 0 amide bonds. The first kappa shape index (κ1) is 14.9. The Kier molecular flexibility index (Phi) is 4.65. The van der Waals surface area contributed by atoms with Crippen molar-refractivity contribution in [2.24, 2.45) is 11.1 Å². The molecule has 20 heavy (non-hydrogen) atoms. The lowest BCUT2D eigenvalue weighted by Gasteiger charge is -2.33. The van der Waals surface area contributed by atoms with Crippen molar-refractivity contribution in [3.05, 3.63) is 29.8 Å². The zero-order chi connectivity index (χ0) is 14.6. The molecule has 0 bridgehead atoms. The fraction of sp³-hybridized carbons (Fsp3) is 0.562. The summed E-state index contributed by atoms with van der Waals surface area (Å²) < 4.78 is 10.8. The molecule has 0 fully saturated rings. The van der Waals surface area contributed by atoms with Crippen LogP contribution in [0.1, 0.15) is 38.2 Å². The van der Waals surface area contributed by atoms with Crippen LogP contribution >= 0.6 is 0 Å². The molecule has 0 saturated heterocycles. The van der Waals surface area contributed by atoms with E-state index in [1.807, 2.05) is 32.0 Å². The number of hydrogen-bond acceptors (Lipinski definition) is 4. The van der Waals surface area contributed by atoms with Crippen molar-refractivity contribution in [3.63, 3.8) is 0 Å². The second-order valence-corrected chi connectivity index (χ2v) is 5.56. The van der Waals surface area contributed by atoms with Crippen LogP contribution in [0.25, 0.3) is 0 Å². The quantitative estimate of drug-likeness (QED) is 0.840. The van der Waals surface area contributed by atoms with Gasteiger partial charge in [-0.15, -0.1) is 0 Å². The second-order valence-electron chi connectivity index (χ2n) is 5.56. The summed E-state index contributed by atoms with van der Waals surface area (Å²) in [6.45, 7) is 5.08. The Morgan fingerprint density at radius 1 is 1.50 bits per heavy atom. The highest BCUT2D eigenvalue weighted by Gasteiger charge is 2.37. The largest absolute Gasteiger partial charge is 0.493 e. The number of rotatable bonds is 5. The molecular weight excluding hydrogens is 254 g/mol. The molecule has 1 heterocycles. The monoisotopic (exact) mass is 277 g/mol. The molecule has 2 unspecified atom stereocenters. The van der Waals surface area contributed by atoms with Crippen LogP contribution in [0.4, 0.5) is 0 Å². The lowest BCUT2D eigenvalue weighted by molar-refractivity contribution is -0.154. The topological polar surface area (TPSA) is 61.5 Å². The maximum Gasteiger partial charge on any atom is 0.313 e. The molecule has 0 saturated carbocycles. The van der Waals surface area contributed by atoms with Crippen LogP contribution in [0.2, 0.25) is 0 Å². The van der Waals surface area contributed by atoms with Gasteiger partial charge in [-0.1, -0.05) is 18.2 Å². The highest BCUT2D eigenvalue weighted by Crippen LogP contribution is 2.40. The molecule has 0 radical (unpaired) electrons. The average Bonchev–Trinajstić information content (AvgIpc) is 2.48. The number of carbonyl (C=O) groups excluding carboxylic acids is 1. The molecule has 4 heteroatoms. The van der Waals surface area contributed by atoms with E-state index in [9.17, 15) is 4.79 Å². The normalized spacial score (nSPS) is 20.4. The SMILES string of the molecule is CCOC(=O)C(C)(CN)CC1CCOc2ccccc21. The van der Waals surface area contributed by atoms with Gasteiger partial charge in [0.05, 0.1) is 18.6 Å². The third-order valence-electron chi connectivity index (χ3n) is 4.00. The number of fused-ring (bicyclic) bond motifs is 1. The molecule has 1 aliphatic rings. The molecule has 1 aliphatic heterocycles. The van der Waals surface area contributed by atoms with Gasteiger partial charge in [0.25, 0.3) is 0 Å². The van der Waals surface area contributed by atoms with E-state index in [0.717, 1.165) is 12.2 Å². The van der Waals surface area contributed by atoms with Gasteiger partial charge >= 0.3 is 5.97 Å². The molecule has 2 N–H and O–H groups in total. The van der Waals surface area contributed by atoms with Crippen LogP contribution in [0.15, 0.2) is 24.3 Å².